The number of nitrogens with one attached hydrogen (secondary N) is 2. The maximum absolute atomic E-state index is 9.35. The van der Waals surface area contributed by atoms with Crippen LogP contribution in [0.3, 0.4) is 0 Å². The highest BCUT2D eigenvalue weighted by Gasteiger charge is 2.34. The first-order valence-electron chi connectivity index (χ1n) is 9.41. The number of hydrogen-bond acceptors (Lipinski definition) is 4. The predicted molar refractivity (Wildman–Crippen MR) is 106 cm³/mol. The zero-order chi connectivity index (χ0) is 19.0. The summed E-state index contributed by atoms with van der Waals surface area (Å²) in [5.41, 5.74) is 2.40. The summed E-state index contributed by atoms with van der Waals surface area (Å²) in [5, 5.41) is 20.4. The molecule has 0 radical (unpaired) electrons. The largest absolute Gasteiger partial charge is 0.396 e. The highest BCUT2D eigenvalue weighted by Crippen LogP contribution is 2.31. The van der Waals surface area contributed by atoms with E-state index >= 15 is 0 Å². The molecule has 2 aromatic rings. The van der Waals surface area contributed by atoms with Crippen LogP contribution in [0.25, 0.3) is 0 Å². The molecule has 2 heterocycles. The number of ether oxygens (including phenoxy) is 1. The Morgan fingerprint density at radius 1 is 1.33 bits per heavy atom. The van der Waals surface area contributed by atoms with E-state index < -0.39 is 0 Å². The molecule has 1 aliphatic heterocycles. The summed E-state index contributed by atoms with van der Waals surface area (Å²) in [6.07, 6.45) is 5.46. The zero-order valence-electron chi connectivity index (χ0n) is 15.9. The van der Waals surface area contributed by atoms with Gasteiger partial charge in [0.15, 0.2) is 5.96 Å². The fourth-order valence-corrected chi connectivity index (χ4v) is 3.41. The van der Waals surface area contributed by atoms with Gasteiger partial charge in [0.2, 0.25) is 0 Å². The third kappa shape index (κ3) is 5.55. The van der Waals surface area contributed by atoms with Gasteiger partial charge in [0.25, 0.3) is 0 Å². The smallest absolute Gasteiger partial charge is 0.191 e. The Morgan fingerprint density at radius 3 is 2.93 bits per heavy atom. The Hall–Kier alpha value is -2.38. The van der Waals surface area contributed by atoms with Crippen molar-refractivity contribution in [2.24, 2.45) is 10.4 Å². The Balaban J connectivity index is 1.52. The van der Waals surface area contributed by atoms with Crippen molar-refractivity contribution in [3.05, 3.63) is 53.9 Å². The minimum atomic E-state index is -0.00392. The van der Waals surface area contributed by atoms with Gasteiger partial charge in [-0.3, -0.25) is 9.67 Å². The molecule has 27 heavy (non-hydrogen) atoms. The van der Waals surface area contributed by atoms with Gasteiger partial charge < -0.3 is 20.5 Å². The summed E-state index contributed by atoms with van der Waals surface area (Å²) >= 11 is 0. The Labute approximate surface area is 160 Å². The van der Waals surface area contributed by atoms with Gasteiger partial charge in [-0.25, -0.2) is 0 Å². The van der Waals surface area contributed by atoms with Crippen molar-refractivity contribution in [1.82, 2.24) is 20.4 Å². The van der Waals surface area contributed by atoms with Gasteiger partial charge in [0, 0.05) is 51.2 Å². The molecule has 1 saturated heterocycles. The summed E-state index contributed by atoms with van der Waals surface area (Å²) < 4.78 is 7.46. The van der Waals surface area contributed by atoms with Gasteiger partial charge in [0.05, 0.1) is 13.2 Å². The number of nitrogens with zero attached hydrogens (tertiary/aromatic N) is 3. The summed E-state index contributed by atoms with van der Waals surface area (Å²) in [5.74, 6) is 0.761. The Bertz CT molecular complexity index is 724. The summed E-state index contributed by atoms with van der Waals surface area (Å²) in [4.78, 5) is 4.32. The van der Waals surface area contributed by atoms with Crippen molar-refractivity contribution >= 4 is 5.96 Å². The molecule has 1 aliphatic rings. The molecule has 0 spiro atoms. The lowest BCUT2D eigenvalue weighted by atomic mass is 9.84. The van der Waals surface area contributed by atoms with E-state index in [2.05, 4.69) is 45.0 Å². The molecule has 146 valence electrons. The number of aromatic nitrogens is 2. The third-order valence-corrected chi connectivity index (χ3v) is 5.04. The molecule has 7 nitrogen and oxygen atoms in total. The maximum Gasteiger partial charge on any atom is 0.191 e. The fourth-order valence-electron chi connectivity index (χ4n) is 3.41. The minimum Gasteiger partial charge on any atom is -0.396 e. The van der Waals surface area contributed by atoms with Crippen LogP contribution >= 0.6 is 0 Å². The van der Waals surface area contributed by atoms with Crippen LogP contribution in [0, 0.1) is 5.41 Å². The third-order valence-electron chi connectivity index (χ3n) is 5.04. The normalized spacial score (nSPS) is 20.0. The first kappa shape index (κ1) is 19.4. The summed E-state index contributed by atoms with van der Waals surface area (Å²) in [6.45, 7) is 3.82. The molecular weight excluding hydrogens is 342 g/mol. The van der Waals surface area contributed by atoms with Crippen LogP contribution in [0.2, 0.25) is 0 Å². The van der Waals surface area contributed by atoms with Gasteiger partial charge >= 0.3 is 0 Å². The maximum atomic E-state index is 9.35. The quantitative estimate of drug-likeness (QED) is 0.482. The van der Waals surface area contributed by atoms with Crippen molar-refractivity contribution in [3.63, 3.8) is 0 Å². The number of hydrogen-bond donors (Lipinski definition) is 3. The molecule has 1 aromatic carbocycles. The number of aliphatic hydroxyl groups is 1. The predicted octanol–water partition coefficient (Wildman–Crippen LogP) is 1.39. The van der Waals surface area contributed by atoms with E-state index in [0.717, 1.165) is 38.5 Å². The number of benzene rings is 1. The number of aliphatic hydroxyl groups excluding tert-OH is 1. The molecule has 0 bridgehead atoms. The van der Waals surface area contributed by atoms with E-state index in [1.54, 1.807) is 13.2 Å². The highest BCUT2D eigenvalue weighted by molar-refractivity contribution is 5.79. The van der Waals surface area contributed by atoms with Crippen molar-refractivity contribution in [2.75, 3.05) is 33.4 Å². The van der Waals surface area contributed by atoms with Crippen LogP contribution in [0.15, 0.2) is 47.7 Å². The van der Waals surface area contributed by atoms with Crippen LogP contribution in [-0.4, -0.2) is 54.3 Å². The average Bonchev–Trinajstić information content (AvgIpc) is 3.35. The van der Waals surface area contributed by atoms with Gasteiger partial charge in [-0.05, 0) is 30.0 Å². The van der Waals surface area contributed by atoms with E-state index in [-0.39, 0.29) is 12.0 Å². The topological polar surface area (TPSA) is 83.7 Å². The van der Waals surface area contributed by atoms with E-state index in [9.17, 15) is 5.11 Å². The second-order valence-electron chi connectivity index (χ2n) is 7.08. The molecule has 1 atom stereocenters. The van der Waals surface area contributed by atoms with Gasteiger partial charge in [-0.1, -0.05) is 24.3 Å². The molecule has 0 amide bonds. The first-order valence-corrected chi connectivity index (χ1v) is 9.41. The van der Waals surface area contributed by atoms with E-state index in [0.29, 0.717) is 13.2 Å². The molecule has 0 aliphatic carbocycles. The van der Waals surface area contributed by atoms with Crippen LogP contribution in [0.5, 0.6) is 0 Å². The van der Waals surface area contributed by atoms with Crippen molar-refractivity contribution < 1.29 is 9.84 Å². The average molecular weight is 371 g/mol. The Kier molecular flexibility index (Phi) is 6.84. The number of rotatable bonds is 8. The molecule has 3 rings (SSSR count). The summed E-state index contributed by atoms with van der Waals surface area (Å²) in [6, 6.07) is 10.4. The highest BCUT2D eigenvalue weighted by atomic mass is 16.5. The van der Waals surface area contributed by atoms with Gasteiger partial charge in [-0.15, -0.1) is 0 Å². The van der Waals surface area contributed by atoms with E-state index in [1.165, 1.54) is 11.1 Å². The van der Waals surface area contributed by atoms with E-state index in [1.807, 2.05) is 16.9 Å². The van der Waals surface area contributed by atoms with Crippen LogP contribution in [-0.2, 0) is 17.8 Å². The standard InChI is InChI=1S/C20H29N5O2/c1-21-19(23-15-20(6-10-26)7-11-27-16-20)22-13-17-4-2-5-18(12-17)14-25-9-3-8-24-25/h2-5,8-9,12,26H,6-7,10-11,13-16H2,1H3,(H2,21,22,23). The summed E-state index contributed by atoms with van der Waals surface area (Å²) in [7, 11) is 1.77. The molecule has 7 heteroatoms. The lowest BCUT2D eigenvalue weighted by molar-refractivity contribution is 0.127. The second-order valence-corrected chi connectivity index (χ2v) is 7.08. The molecule has 3 N–H and O–H groups in total. The van der Waals surface area contributed by atoms with Crippen LogP contribution < -0.4 is 10.6 Å². The molecule has 1 unspecified atom stereocenters. The SMILES string of the molecule is CN=C(NCc1cccc(Cn2cccn2)c1)NCC1(CCO)CCOC1. The van der Waals surface area contributed by atoms with Crippen molar-refractivity contribution in [3.8, 4) is 0 Å². The first-order chi connectivity index (χ1) is 13.2. The molecular formula is C20H29N5O2. The zero-order valence-corrected chi connectivity index (χ0v) is 15.9. The lowest BCUT2D eigenvalue weighted by Gasteiger charge is -2.27. The molecule has 1 aromatic heterocycles. The monoisotopic (exact) mass is 371 g/mol. The second kappa shape index (κ2) is 9.53. The fraction of sp³-hybridized carbons (Fsp3) is 0.500. The van der Waals surface area contributed by atoms with Gasteiger partial charge in [0.1, 0.15) is 0 Å². The minimum absolute atomic E-state index is 0.00392. The van der Waals surface area contributed by atoms with E-state index in [4.69, 9.17) is 4.74 Å². The van der Waals surface area contributed by atoms with Crippen molar-refractivity contribution in [1.29, 1.82) is 0 Å². The number of guanidine groups is 1. The van der Waals surface area contributed by atoms with Gasteiger partial charge in [-0.2, -0.15) is 5.10 Å². The Morgan fingerprint density at radius 2 is 2.22 bits per heavy atom. The van der Waals surface area contributed by atoms with Crippen molar-refractivity contribution in [2.45, 2.75) is 25.9 Å². The van der Waals surface area contributed by atoms with Crippen LogP contribution in [0.4, 0.5) is 0 Å². The lowest BCUT2D eigenvalue weighted by Crippen LogP contribution is -2.44. The molecule has 1 fully saturated rings. The number of aliphatic imine (C=N–C) groups is 1. The molecule has 0 saturated carbocycles. The van der Waals surface area contributed by atoms with Crippen LogP contribution in [0.1, 0.15) is 24.0 Å².